The van der Waals surface area contributed by atoms with E-state index < -0.39 is 17.2 Å². The van der Waals surface area contributed by atoms with Gasteiger partial charge in [0.15, 0.2) is 5.60 Å². The van der Waals surface area contributed by atoms with Crippen molar-refractivity contribution in [1.29, 1.82) is 0 Å². The van der Waals surface area contributed by atoms with Gasteiger partial charge >= 0.3 is 12.1 Å². The Morgan fingerprint density at radius 3 is 2.31 bits per heavy atom. The minimum atomic E-state index is -1.13. The summed E-state index contributed by atoms with van der Waals surface area (Å²) in [5.74, 6) is 0.305. The van der Waals surface area contributed by atoms with Crippen molar-refractivity contribution in [3.63, 3.8) is 0 Å². The van der Waals surface area contributed by atoms with Crippen molar-refractivity contribution in [1.82, 2.24) is 4.90 Å². The largest absolute Gasteiger partial charge is 0.476 e. The van der Waals surface area contributed by atoms with Crippen LogP contribution in [0, 0.1) is 12.8 Å². The van der Waals surface area contributed by atoms with Gasteiger partial charge in [-0.3, -0.25) is 0 Å². The Labute approximate surface area is 178 Å². The Morgan fingerprint density at radius 1 is 1.14 bits per heavy atom. The van der Waals surface area contributed by atoms with E-state index in [0.29, 0.717) is 30.5 Å². The molecule has 0 radical (unpaired) electrons. The molecule has 0 atom stereocenters. The molecule has 1 aliphatic heterocycles. The molecule has 0 spiro atoms. The lowest BCUT2D eigenvalue weighted by Crippen LogP contribution is -2.43. The Hall–Kier alpha value is -1.95. The van der Waals surface area contributed by atoms with E-state index in [1.54, 1.807) is 30.9 Å². The number of carbonyl (C=O) groups is 2. The van der Waals surface area contributed by atoms with Crippen LogP contribution in [0.25, 0.3) is 0 Å². The third kappa shape index (κ3) is 7.11. The number of nitrogens with zero attached hydrogens (tertiary/aromatic N) is 1. The zero-order valence-corrected chi connectivity index (χ0v) is 19.0. The third-order valence-electron chi connectivity index (χ3n) is 4.72. The van der Waals surface area contributed by atoms with Crippen molar-refractivity contribution in [2.24, 2.45) is 5.92 Å². The first kappa shape index (κ1) is 23.3. The number of amides is 1. The summed E-state index contributed by atoms with van der Waals surface area (Å²) >= 11 is 6.12. The number of rotatable bonds is 5. The lowest BCUT2D eigenvalue weighted by atomic mass is 9.98. The molecular weight excluding hydrogens is 394 g/mol. The number of carbonyl (C=O) groups excluding carboxylic acids is 2. The standard InChI is InChI=1S/C22H32ClNO5/c1-15-7-8-17(13-18(15)23)28-22(5,6)19(25)27-14-16-9-11-24(12-10-16)20(26)29-21(2,3)4/h7-8,13,16H,9-12,14H2,1-6H3. The van der Waals surface area contributed by atoms with E-state index in [9.17, 15) is 9.59 Å². The predicted octanol–water partition coefficient (Wildman–Crippen LogP) is 5.00. The van der Waals surface area contributed by atoms with Gasteiger partial charge < -0.3 is 19.1 Å². The lowest BCUT2D eigenvalue weighted by Gasteiger charge is -2.33. The second-order valence-corrected chi connectivity index (χ2v) is 9.44. The number of benzene rings is 1. The molecule has 1 aromatic rings. The average Bonchev–Trinajstić information content (AvgIpc) is 2.61. The number of piperidine rings is 1. The van der Waals surface area contributed by atoms with Crippen molar-refractivity contribution < 1.29 is 23.8 Å². The lowest BCUT2D eigenvalue weighted by molar-refractivity contribution is -0.161. The average molecular weight is 426 g/mol. The normalized spacial score (nSPS) is 15.8. The summed E-state index contributed by atoms with van der Waals surface area (Å²) in [4.78, 5) is 26.4. The first-order valence-corrected chi connectivity index (χ1v) is 10.4. The van der Waals surface area contributed by atoms with Crippen LogP contribution in [0.15, 0.2) is 18.2 Å². The highest BCUT2D eigenvalue weighted by atomic mass is 35.5. The van der Waals surface area contributed by atoms with E-state index in [0.717, 1.165) is 18.4 Å². The smallest absolute Gasteiger partial charge is 0.410 e. The summed E-state index contributed by atoms with van der Waals surface area (Å²) in [6, 6.07) is 5.32. The number of ether oxygens (including phenoxy) is 3. The first-order chi connectivity index (χ1) is 13.4. The Balaban J connectivity index is 1.80. The molecule has 1 aromatic carbocycles. The van der Waals surface area contributed by atoms with E-state index in [4.69, 9.17) is 25.8 Å². The molecule has 0 aromatic heterocycles. The van der Waals surface area contributed by atoms with Gasteiger partial charge in [-0.25, -0.2) is 9.59 Å². The molecule has 0 saturated carbocycles. The molecule has 0 unspecified atom stereocenters. The molecule has 1 amide bonds. The molecule has 0 N–H and O–H groups in total. The number of esters is 1. The number of hydrogen-bond donors (Lipinski definition) is 0. The predicted molar refractivity (Wildman–Crippen MR) is 112 cm³/mol. The van der Waals surface area contributed by atoms with Gasteiger partial charge in [-0.1, -0.05) is 17.7 Å². The maximum Gasteiger partial charge on any atom is 0.410 e. The van der Waals surface area contributed by atoms with Crippen LogP contribution >= 0.6 is 11.6 Å². The summed E-state index contributed by atoms with van der Waals surface area (Å²) in [5, 5.41) is 0.586. The molecule has 162 valence electrons. The molecule has 6 nitrogen and oxygen atoms in total. The van der Waals surface area contributed by atoms with Crippen LogP contribution in [0.5, 0.6) is 5.75 Å². The molecule has 1 saturated heterocycles. The van der Waals surface area contributed by atoms with Gasteiger partial charge in [-0.15, -0.1) is 0 Å². The molecule has 1 heterocycles. The maximum atomic E-state index is 12.5. The summed E-state index contributed by atoms with van der Waals surface area (Å²) in [6.45, 7) is 12.3. The fourth-order valence-corrected chi connectivity index (χ4v) is 3.12. The van der Waals surface area contributed by atoms with Crippen LogP contribution < -0.4 is 4.74 Å². The van der Waals surface area contributed by atoms with Crippen LogP contribution in [0.4, 0.5) is 4.79 Å². The molecule has 7 heteroatoms. The van der Waals surface area contributed by atoms with Gasteiger partial charge in [-0.05, 0) is 78.0 Å². The Kier molecular flexibility index (Phi) is 7.44. The highest BCUT2D eigenvalue weighted by molar-refractivity contribution is 6.31. The van der Waals surface area contributed by atoms with Crippen molar-refractivity contribution in [3.8, 4) is 5.75 Å². The van der Waals surface area contributed by atoms with Crippen LogP contribution in [-0.4, -0.2) is 47.9 Å². The van der Waals surface area contributed by atoms with Gasteiger partial charge in [0, 0.05) is 18.1 Å². The monoisotopic (exact) mass is 425 g/mol. The molecule has 29 heavy (non-hydrogen) atoms. The van der Waals surface area contributed by atoms with Crippen molar-refractivity contribution in [2.75, 3.05) is 19.7 Å². The van der Waals surface area contributed by atoms with Gasteiger partial charge in [0.2, 0.25) is 0 Å². The second-order valence-electron chi connectivity index (χ2n) is 9.03. The van der Waals surface area contributed by atoms with Gasteiger partial charge in [0.05, 0.1) is 6.61 Å². The highest BCUT2D eigenvalue weighted by Crippen LogP contribution is 2.26. The summed E-state index contributed by atoms with van der Waals surface area (Å²) in [7, 11) is 0. The quantitative estimate of drug-likeness (QED) is 0.621. The minimum absolute atomic E-state index is 0.210. The fraction of sp³-hybridized carbons (Fsp3) is 0.636. The van der Waals surface area contributed by atoms with E-state index in [1.807, 2.05) is 33.8 Å². The Bertz CT molecular complexity index is 733. The number of hydrogen-bond acceptors (Lipinski definition) is 5. The molecule has 0 aliphatic carbocycles. The van der Waals surface area contributed by atoms with Gasteiger partial charge in [0.1, 0.15) is 11.4 Å². The Morgan fingerprint density at radius 2 is 1.76 bits per heavy atom. The minimum Gasteiger partial charge on any atom is -0.476 e. The zero-order chi connectivity index (χ0) is 21.8. The topological polar surface area (TPSA) is 65.1 Å². The molecule has 2 rings (SSSR count). The number of halogens is 1. The van der Waals surface area contributed by atoms with E-state index in [-0.39, 0.29) is 12.0 Å². The fourth-order valence-electron chi connectivity index (χ4n) is 2.95. The van der Waals surface area contributed by atoms with Gasteiger partial charge in [0.25, 0.3) is 0 Å². The molecule has 1 aliphatic rings. The zero-order valence-electron chi connectivity index (χ0n) is 18.2. The van der Waals surface area contributed by atoms with E-state index in [1.165, 1.54) is 0 Å². The highest BCUT2D eigenvalue weighted by Gasteiger charge is 2.33. The van der Waals surface area contributed by atoms with Crippen molar-refractivity contribution in [2.45, 2.75) is 65.6 Å². The van der Waals surface area contributed by atoms with E-state index >= 15 is 0 Å². The van der Waals surface area contributed by atoms with Crippen molar-refractivity contribution >= 4 is 23.7 Å². The molecule has 0 bridgehead atoms. The molecular formula is C22H32ClNO5. The summed E-state index contributed by atoms with van der Waals surface area (Å²) < 4.78 is 16.7. The van der Waals surface area contributed by atoms with Crippen LogP contribution in [0.1, 0.15) is 53.0 Å². The maximum absolute atomic E-state index is 12.5. The SMILES string of the molecule is Cc1ccc(OC(C)(C)C(=O)OCC2CCN(C(=O)OC(C)(C)C)CC2)cc1Cl. The third-order valence-corrected chi connectivity index (χ3v) is 5.13. The van der Waals surface area contributed by atoms with Crippen LogP contribution in [0.2, 0.25) is 5.02 Å². The van der Waals surface area contributed by atoms with Crippen LogP contribution in [0.3, 0.4) is 0 Å². The van der Waals surface area contributed by atoms with Crippen molar-refractivity contribution in [3.05, 3.63) is 28.8 Å². The second kappa shape index (κ2) is 9.24. The summed E-state index contributed by atoms with van der Waals surface area (Å²) in [5.41, 5.74) is -0.691. The number of likely N-dealkylation sites (tertiary alicyclic amines) is 1. The first-order valence-electron chi connectivity index (χ1n) is 9.98. The van der Waals surface area contributed by atoms with Gasteiger partial charge in [-0.2, -0.15) is 0 Å². The number of aryl methyl sites for hydroxylation is 1. The van der Waals surface area contributed by atoms with Crippen LogP contribution in [-0.2, 0) is 14.3 Å². The molecule has 1 fully saturated rings. The van der Waals surface area contributed by atoms with E-state index in [2.05, 4.69) is 0 Å². The summed E-state index contributed by atoms with van der Waals surface area (Å²) in [6.07, 6.45) is 1.24.